The highest BCUT2D eigenvalue weighted by atomic mass is 32.2. The van der Waals surface area contributed by atoms with Crippen LogP contribution in [0.3, 0.4) is 0 Å². The number of aromatic nitrogens is 7. The van der Waals surface area contributed by atoms with Crippen LogP contribution in [0, 0.1) is 11.6 Å². The maximum atomic E-state index is 13.9. The van der Waals surface area contributed by atoms with Crippen LogP contribution in [0.15, 0.2) is 53.7 Å². The largest absolute Gasteiger partial charge is 0.368 e. The summed E-state index contributed by atoms with van der Waals surface area (Å²) in [6.45, 7) is 0. The maximum Gasteiger partial charge on any atom is 0.287 e. The van der Waals surface area contributed by atoms with Crippen molar-refractivity contribution in [3.05, 3.63) is 66.0 Å². The molecule has 31 heavy (non-hydrogen) atoms. The van der Waals surface area contributed by atoms with E-state index in [1.165, 1.54) is 24.3 Å². The van der Waals surface area contributed by atoms with Crippen LogP contribution in [-0.2, 0) is 10.0 Å². The highest BCUT2D eigenvalue weighted by Crippen LogP contribution is 2.20. The number of hydrogen-bond donors (Lipinski definition) is 2. The molecule has 0 atom stereocenters. The van der Waals surface area contributed by atoms with Crippen LogP contribution in [0.1, 0.15) is 10.4 Å². The van der Waals surface area contributed by atoms with E-state index in [0.29, 0.717) is 14.5 Å². The van der Waals surface area contributed by atoms with Crippen molar-refractivity contribution in [2.75, 3.05) is 11.1 Å². The van der Waals surface area contributed by atoms with Gasteiger partial charge in [-0.2, -0.15) is 18.1 Å². The Morgan fingerprint density at radius 3 is 2.35 bits per heavy atom. The van der Waals surface area contributed by atoms with Gasteiger partial charge in [-0.3, -0.25) is 4.79 Å². The Morgan fingerprint density at radius 2 is 1.74 bits per heavy atom. The molecular formula is C16H11F2N9O3S. The first-order chi connectivity index (χ1) is 14.8. The van der Waals surface area contributed by atoms with Gasteiger partial charge in [-0.1, -0.05) is 6.07 Å². The van der Waals surface area contributed by atoms with Gasteiger partial charge in [-0.05, 0) is 46.8 Å². The van der Waals surface area contributed by atoms with Gasteiger partial charge in [0.2, 0.25) is 11.9 Å². The van der Waals surface area contributed by atoms with Gasteiger partial charge in [0, 0.05) is 5.69 Å². The number of benzene rings is 2. The second-order valence-electron chi connectivity index (χ2n) is 5.94. The highest BCUT2D eigenvalue weighted by Gasteiger charge is 2.23. The van der Waals surface area contributed by atoms with E-state index in [0.717, 1.165) is 24.5 Å². The SMILES string of the molecule is Nc1nc(Nc2ccc(S(=O)(=O)n3cnnn3)cc2)nn1C(=O)c1c(F)cccc1F. The molecular weight excluding hydrogens is 436 g/mol. The third kappa shape index (κ3) is 3.68. The summed E-state index contributed by atoms with van der Waals surface area (Å²) in [5.41, 5.74) is 5.17. The van der Waals surface area contributed by atoms with Gasteiger partial charge >= 0.3 is 0 Å². The number of tetrazole rings is 1. The quantitative estimate of drug-likeness (QED) is 0.447. The first kappa shape index (κ1) is 20.0. The lowest BCUT2D eigenvalue weighted by Crippen LogP contribution is -2.19. The van der Waals surface area contributed by atoms with E-state index in [2.05, 4.69) is 30.9 Å². The van der Waals surface area contributed by atoms with E-state index in [-0.39, 0.29) is 10.8 Å². The number of nitrogens with two attached hydrogens (primary N) is 1. The molecule has 0 spiro atoms. The highest BCUT2D eigenvalue weighted by molar-refractivity contribution is 7.89. The molecule has 0 aliphatic rings. The van der Waals surface area contributed by atoms with Gasteiger partial charge in [0.15, 0.2) is 6.33 Å². The summed E-state index contributed by atoms with van der Waals surface area (Å²) in [5, 5.41) is 16.4. The average Bonchev–Trinajstić information content (AvgIpc) is 3.39. The monoisotopic (exact) mass is 447 g/mol. The van der Waals surface area contributed by atoms with Crippen LogP contribution < -0.4 is 11.1 Å². The van der Waals surface area contributed by atoms with E-state index < -0.39 is 39.1 Å². The van der Waals surface area contributed by atoms with Crippen molar-refractivity contribution >= 4 is 33.5 Å². The summed E-state index contributed by atoms with van der Waals surface area (Å²) in [4.78, 5) is 16.2. The van der Waals surface area contributed by atoms with E-state index in [1.54, 1.807) is 0 Å². The first-order valence-corrected chi connectivity index (χ1v) is 9.78. The van der Waals surface area contributed by atoms with Crippen LogP contribution in [-0.4, -0.2) is 48.7 Å². The summed E-state index contributed by atoms with van der Waals surface area (Å²) in [6.07, 6.45) is 0.941. The fourth-order valence-electron chi connectivity index (χ4n) is 2.54. The molecule has 0 aliphatic carbocycles. The third-order valence-electron chi connectivity index (χ3n) is 3.99. The van der Waals surface area contributed by atoms with E-state index >= 15 is 0 Å². The van der Waals surface area contributed by atoms with Crippen molar-refractivity contribution < 1.29 is 22.0 Å². The summed E-state index contributed by atoms with van der Waals surface area (Å²) < 4.78 is 53.5. The molecule has 0 aliphatic heterocycles. The van der Waals surface area contributed by atoms with Gasteiger partial charge in [-0.25, -0.2) is 8.78 Å². The van der Waals surface area contributed by atoms with E-state index in [9.17, 15) is 22.0 Å². The average molecular weight is 447 g/mol. The minimum absolute atomic E-state index is 0.0893. The van der Waals surface area contributed by atoms with Crippen LogP contribution in [0.4, 0.5) is 26.4 Å². The Bertz CT molecular complexity index is 1350. The normalized spacial score (nSPS) is 11.4. The zero-order valence-electron chi connectivity index (χ0n) is 15.2. The number of halogens is 2. The lowest BCUT2D eigenvalue weighted by atomic mass is 10.2. The molecule has 15 heteroatoms. The van der Waals surface area contributed by atoms with Crippen molar-refractivity contribution in [3.63, 3.8) is 0 Å². The van der Waals surface area contributed by atoms with Crippen molar-refractivity contribution in [1.29, 1.82) is 0 Å². The standard InChI is InChI=1S/C16H11F2N9O3S/c17-11-2-1-3-12(18)13(11)14(28)27-15(19)22-16(23-27)21-9-4-6-10(7-5-9)31(29,30)26-8-20-24-25-26/h1-8H,(H3,19,21,22,23). The number of nitrogens with one attached hydrogen (secondary N) is 1. The Hall–Kier alpha value is -4.27. The summed E-state index contributed by atoms with van der Waals surface area (Å²) in [5.74, 6) is -3.86. The minimum atomic E-state index is -3.96. The van der Waals surface area contributed by atoms with E-state index in [1.807, 2.05) is 0 Å². The maximum absolute atomic E-state index is 13.9. The van der Waals surface area contributed by atoms with Gasteiger partial charge in [0.25, 0.3) is 15.9 Å². The van der Waals surface area contributed by atoms with Gasteiger partial charge in [0.1, 0.15) is 17.2 Å². The zero-order valence-corrected chi connectivity index (χ0v) is 16.0. The molecule has 0 saturated heterocycles. The first-order valence-electron chi connectivity index (χ1n) is 8.34. The smallest absolute Gasteiger partial charge is 0.287 e. The topological polar surface area (TPSA) is 164 Å². The van der Waals surface area contributed by atoms with Crippen LogP contribution >= 0.6 is 0 Å². The second kappa shape index (κ2) is 7.52. The lowest BCUT2D eigenvalue weighted by molar-refractivity contribution is 0.0939. The second-order valence-corrected chi connectivity index (χ2v) is 7.74. The third-order valence-corrected chi connectivity index (χ3v) is 5.51. The van der Waals surface area contributed by atoms with Crippen LogP contribution in [0.5, 0.6) is 0 Å². The van der Waals surface area contributed by atoms with E-state index in [4.69, 9.17) is 5.73 Å². The summed E-state index contributed by atoms with van der Waals surface area (Å²) >= 11 is 0. The number of rotatable bonds is 5. The molecule has 4 rings (SSSR count). The van der Waals surface area contributed by atoms with Crippen LogP contribution in [0.25, 0.3) is 0 Å². The Morgan fingerprint density at radius 1 is 1.06 bits per heavy atom. The van der Waals surface area contributed by atoms with Crippen molar-refractivity contribution in [2.45, 2.75) is 4.90 Å². The molecule has 2 heterocycles. The molecule has 0 bridgehead atoms. The van der Waals surface area contributed by atoms with Crippen LogP contribution in [0.2, 0.25) is 0 Å². The zero-order chi connectivity index (χ0) is 22.2. The Labute approximate surface area is 172 Å². The number of carbonyl (C=O) groups excluding carboxylic acids is 1. The number of hydrogen-bond acceptors (Lipinski definition) is 10. The van der Waals surface area contributed by atoms with Crippen molar-refractivity contribution in [1.82, 2.24) is 34.4 Å². The number of nitrogens with zero attached hydrogens (tertiary/aromatic N) is 7. The molecule has 158 valence electrons. The number of carbonyl (C=O) groups is 1. The lowest BCUT2D eigenvalue weighted by Gasteiger charge is -2.05. The predicted molar refractivity (Wildman–Crippen MR) is 101 cm³/mol. The molecule has 0 unspecified atom stereocenters. The Kier molecular flexibility index (Phi) is 4.86. The fourth-order valence-corrected chi connectivity index (χ4v) is 3.54. The molecule has 2 aromatic carbocycles. The molecule has 3 N–H and O–H groups in total. The van der Waals surface area contributed by atoms with Gasteiger partial charge in [-0.15, -0.1) is 14.3 Å². The molecule has 0 amide bonds. The molecule has 2 aromatic heterocycles. The molecule has 0 saturated carbocycles. The number of anilines is 3. The van der Waals surface area contributed by atoms with Gasteiger partial charge in [0.05, 0.1) is 4.90 Å². The minimum Gasteiger partial charge on any atom is -0.368 e. The van der Waals surface area contributed by atoms with Crippen molar-refractivity contribution in [3.8, 4) is 0 Å². The summed E-state index contributed by atoms with van der Waals surface area (Å²) in [7, 11) is -3.96. The summed E-state index contributed by atoms with van der Waals surface area (Å²) in [6, 6.07) is 8.31. The van der Waals surface area contributed by atoms with Crippen molar-refractivity contribution in [2.24, 2.45) is 0 Å². The molecule has 0 radical (unpaired) electrons. The van der Waals surface area contributed by atoms with Gasteiger partial charge < -0.3 is 11.1 Å². The molecule has 4 aromatic rings. The fraction of sp³-hybridized carbons (Fsp3) is 0. The molecule has 0 fully saturated rings. The number of nitrogen functional groups attached to an aromatic ring is 1. The molecule has 12 nitrogen and oxygen atoms in total. The predicted octanol–water partition coefficient (Wildman–Crippen LogP) is 0.794. The Balaban J connectivity index is 1.57.